The zero-order chi connectivity index (χ0) is 14.7. The van der Waals surface area contributed by atoms with Crippen molar-refractivity contribution < 1.29 is 19.2 Å². The van der Waals surface area contributed by atoms with E-state index in [1.807, 2.05) is 22.6 Å². The van der Waals surface area contributed by atoms with Crippen LogP contribution in [0.1, 0.15) is 23.2 Å². The van der Waals surface area contributed by atoms with Gasteiger partial charge in [-0.25, -0.2) is 4.90 Å². The summed E-state index contributed by atoms with van der Waals surface area (Å²) in [5.74, 6) is -1.71. The first kappa shape index (κ1) is 14.6. The predicted molar refractivity (Wildman–Crippen MR) is 79.4 cm³/mol. The molecule has 1 N–H and O–H groups in total. The highest BCUT2D eigenvalue weighted by Gasteiger charge is 2.34. The molecule has 1 aliphatic rings. The fourth-order valence-corrected chi connectivity index (χ4v) is 2.01. The minimum Gasteiger partial charge on any atom is -0.325 e. The summed E-state index contributed by atoms with van der Waals surface area (Å²) in [5, 5.41) is 2.64. The Hall–Kier alpha value is -1.77. The lowest BCUT2D eigenvalue weighted by Crippen LogP contribution is -2.35. The Bertz CT molecular complexity index is 567. The summed E-state index contributed by atoms with van der Waals surface area (Å²) in [6.07, 6.45) is 0.156. The van der Waals surface area contributed by atoms with Crippen LogP contribution in [0.2, 0.25) is 0 Å². The summed E-state index contributed by atoms with van der Waals surface area (Å²) in [6, 6.07) is 6.07. The highest BCUT2D eigenvalue weighted by Crippen LogP contribution is 2.17. The number of imide groups is 3. The number of benzene rings is 1. The smallest absolute Gasteiger partial charge is 0.267 e. The van der Waals surface area contributed by atoms with E-state index in [1.54, 1.807) is 12.1 Å². The first-order valence-electron chi connectivity index (χ1n) is 5.89. The van der Waals surface area contributed by atoms with Crippen LogP contribution in [-0.4, -0.2) is 33.0 Å². The monoisotopic (exact) mass is 386 g/mol. The third kappa shape index (κ3) is 3.03. The molecule has 0 aromatic heterocycles. The number of rotatable bonds is 3. The molecule has 1 aliphatic heterocycles. The number of hydrogen-bond acceptors (Lipinski definition) is 4. The van der Waals surface area contributed by atoms with Gasteiger partial charge >= 0.3 is 0 Å². The van der Waals surface area contributed by atoms with Crippen LogP contribution in [0.3, 0.4) is 0 Å². The number of carbonyl (C=O) groups excluding carboxylic acids is 4. The molecule has 0 aliphatic carbocycles. The quantitative estimate of drug-likeness (QED) is 0.483. The first-order valence-corrected chi connectivity index (χ1v) is 7.41. The maximum absolute atomic E-state index is 12.1. The van der Waals surface area contributed by atoms with Crippen molar-refractivity contribution in [1.82, 2.24) is 4.90 Å². The van der Waals surface area contributed by atoms with E-state index in [9.17, 15) is 19.2 Å². The van der Waals surface area contributed by atoms with Crippen LogP contribution in [-0.2, 0) is 14.4 Å². The summed E-state index contributed by atoms with van der Waals surface area (Å²) >= 11 is 1.94. The minimum absolute atomic E-state index is 0.0778. The number of nitrogens with zero attached hydrogens (tertiary/aromatic N) is 1. The van der Waals surface area contributed by atoms with Gasteiger partial charge in [-0.15, -0.1) is 0 Å². The van der Waals surface area contributed by atoms with Crippen LogP contribution in [0.15, 0.2) is 24.3 Å². The Morgan fingerprint density at radius 3 is 2.15 bits per heavy atom. The lowest BCUT2D eigenvalue weighted by molar-refractivity contribution is -0.135. The molecule has 0 saturated carbocycles. The molecular weight excluding hydrogens is 375 g/mol. The Morgan fingerprint density at radius 1 is 1.10 bits per heavy atom. The van der Waals surface area contributed by atoms with E-state index in [2.05, 4.69) is 5.32 Å². The van der Waals surface area contributed by atoms with Gasteiger partial charge in [0.2, 0.25) is 17.7 Å². The molecule has 6 nitrogen and oxygen atoms in total. The summed E-state index contributed by atoms with van der Waals surface area (Å²) in [4.78, 5) is 46.9. The number of amides is 4. The van der Waals surface area contributed by atoms with E-state index in [-0.39, 0.29) is 24.3 Å². The second-order valence-electron chi connectivity index (χ2n) is 4.19. The van der Waals surface area contributed by atoms with Crippen molar-refractivity contribution in [2.45, 2.75) is 12.8 Å². The van der Waals surface area contributed by atoms with Crippen molar-refractivity contribution >= 4 is 51.9 Å². The Labute approximate surface area is 128 Å². The standard InChI is InChI=1S/C13H11IN2O4/c14-7-10(17)15-9-3-1-8(2-4-9)13(20)16-11(18)5-6-12(16)19/h1-4H,5-7H2,(H,15,17). The first-order chi connectivity index (χ1) is 9.52. The van der Waals surface area contributed by atoms with Gasteiger partial charge in [0.05, 0.1) is 4.43 Å². The van der Waals surface area contributed by atoms with Crippen LogP contribution in [0, 0.1) is 0 Å². The van der Waals surface area contributed by atoms with Crippen molar-refractivity contribution in [2.24, 2.45) is 0 Å². The van der Waals surface area contributed by atoms with E-state index in [0.29, 0.717) is 15.0 Å². The summed E-state index contributed by atoms with van der Waals surface area (Å²) < 4.78 is 0.329. The van der Waals surface area contributed by atoms with Gasteiger partial charge in [-0.3, -0.25) is 19.2 Å². The molecule has 1 fully saturated rings. The van der Waals surface area contributed by atoms with E-state index < -0.39 is 17.7 Å². The Kier molecular flexibility index (Phi) is 4.48. The summed E-state index contributed by atoms with van der Waals surface area (Å²) in [6.45, 7) is 0. The third-order valence-corrected chi connectivity index (χ3v) is 3.48. The number of carbonyl (C=O) groups is 4. The van der Waals surface area contributed by atoms with Gasteiger partial charge in [-0.05, 0) is 24.3 Å². The molecule has 1 aromatic carbocycles. The second kappa shape index (κ2) is 6.12. The van der Waals surface area contributed by atoms with Crippen LogP contribution in [0.5, 0.6) is 0 Å². The van der Waals surface area contributed by atoms with Crippen molar-refractivity contribution in [3.63, 3.8) is 0 Å². The van der Waals surface area contributed by atoms with Crippen LogP contribution in [0.4, 0.5) is 5.69 Å². The molecule has 0 atom stereocenters. The molecule has 1 aromatic rings. The topological polar surface area (TPSA) is 83.6 Å². The van der Waals surface area contributed by atoms with Crippen molar-refractivity contribution in [1.29, 1.82) is 0 Å². The maximum Gasteiger partial charge on any atom is 0.267 e. The lowest BCUT2D eigenvalue weighted by atomic mass is 10.2. The molecule has 0 unspecified atom stereocenters. The number of halogens is 1. The van der Waals surface area contributed by atoms with Crippen LogP contribution < -0.4 is 5.32 Å². The minimum atomic E-state index is -0.621. The number of anilines is 1. The average molecular weight is 386 g/mol. The predicted octanol–water partition coefficient (Wildman–Crippen LogP) is 1.35. The second-order valence-corrected chi connectivity index (χ2v) is 4.95. The summed E-state index contributed by atoms with van der Waals surface area (Å²) in [5.41, 5.74) is 0.795. The maximum atomic E-state index is 12.1. The van der Waals surface area contributed by atoms with Gasteiger partial charge in [0.25, 0.3) is 5.91 Å². The molecule has 2 rings (SSSR count). The molecular formula is C13H11IN2O4. The molecule has 0 spiro atoms. The van der Waals surface area contributed by atoms with Crippen molar-refractivity contribution in [2.75, 3.05) is 9.74 Å². The zero-order valence-electron chi connectivity index (χ0n) is 10.4. The molecule has 7 heteroatoms. The van der Waals surface area contributed by atoms with Gasteiger partial charge in [-0.1, -0.05) is 22.6 Å². The Balaban J connectivity index is 2.13. The number of likely N-dealkylation sites (tertiary alicyclic amines) is 1. The van der Waals surface area contributed by atoms with Crippen molar-refractivity contribution in [3.05, 3.63) is 29.8 Å². The SMILES string of the molecule is O=C(CI)Nc1ccc(C(=O)N2C(=O)CCC2=O)cc1. The normalized spacial score (nSPS) is 14.6. The van der Waals surface area contributed by atoms with Crippen molar-refractivity contribution in [3.8, 4) is 0 Å². The van der Waals surface area contributed by atoms with E-state index in [4.69, 9.17) is 0 Å². The van der Waals surface area contributed by atoms with Gasteiger partial charge < -0.3 is 5.32 Å². The largest absolute Gasteiger partial charge is 0.325 e. The van der Waals surface area contributed by atoms with E-state index in [1.165, 1.54) is 12.1 Å². The zero-order valence-corrected chi connectivity index (χ0v) is 12.5. The van der Waals surface area contributed by atoms with E-state index in [0.717, 1.165) is 0 Å². The fourth-order valence-electron chi connectivity index (χ4n) is 1.82. The number of nitrogens with one attached hydrogen (secondary N) is 1. The molecule has 104 valence electrons. The third-order valence-electron chi connectivity index (χ3n) is 2.79. The fraction of sp³-hybridized carbons (Fsp3) is 0.231. The molecule has 1 saturated heterocycles. The number of alkyl halides is 1. The van der Waals surface area contributed by atoms with Crippen LogP contribution >= 0.6 is 22.6 Å². The lowest BCUT2D eigenvalue weighted by Gasteiger charge is -2.12. The van der Waals surface area contributed by atoms with Gasteiger partial charge in [-0.2, -0.15) is 0 Å². The van der Waals surface area contributed by atoms with Gasteiger partial charge in [0.15, 0.2) is 0 Å². The van der Waals surface area contributed by atoms with E-state index >= 15 is 0 Å². The van der Waals surface area contributed by atoms with Crippen LogP contribution in [0.25, 0.3) is 0 Å². The van der Waals surface area contributed by atoms with Gasteiger partial charge in [0.1, 0.15) is 0 Å². The molecule has 1 heterocycles. The Morgan fingerprint density at radius 2 is 1.65 bits per heavy atom. The average Bonchev–Trinajstić information content (AvgIpc) is 2.78. The van der Waals surface area contributed by atoms with Gasteiger partial charge in [0, 0.05) is 24.1 Å². The number of hydrogen-bond donors (Lipinski definition) is 1. The summed E-state index contributed by atoms with van der Waals surface area (Å²) in [7, 11) is 0. The molecule has 0 radical (unpaired) electrons. The molecule has 0 bridgehead atoms. The molecule has 4 amide bonds. The highest BCUT2D eigenvalue weighted by atomic mass is 127. The molecule has 20 heavy (non-hydrogen) atoms. The highest BCUT2D eigenvalue weighted by molar-refractivity contribution is 14.1.